The van der Waals surface area contributed by atoms with Crippen LogP contribution in [-0.2, 0) is 19.7 Å². The van der Waals surface area contributed by atoms with Gasteiger partial charge in [-0.25, -0.2) is 0 Å². The molecule has 0 radical (unpaired) electrons. The van der Waals surface area contributed by atoms with Gasteiger partial charge in [0.15, 0.2) is 0 Å². The molecule has 0 aliphatic carbocycles. The number of rotatable bonds is 6. The van der Waals surface area contributed by atoms with Gasteiger partial charge in [0.1, 0.15) is 11.2 Å². The van der Waals surface area contributed by atoms with Crippen LogP contribution in [0.5, 0.6) is 0 Å². The van der Waals surface area contributed by atoms with E-state index >= 15 is 0 Å². The molecule has 2 unspecified atom stereocenters. The van der Waals surface area contributed by atoms with Gasteiger partial charge in [0.25, 0.3) is 0 Å². The number of carbonyl (C=O) groups is 2. The molecule has 4 heteroatoms. The second kappa shape index (κ2) is 6.48. The Hall–Kier alpha value is -1.68. The number of hydrogen-bond acceptors (Lipinski definition) is 4. The highest BCUT2D eigenvalue weighted by molar-refractivity contribution is 5.91. The van der Waals surface area contributed by atoms with Crippen LogP contribution in [0.1, 0.15) is 32.8 Å². The van der Waals surface area contributed by atoms with Crippen LogP contribution in [0.4, 0.5) is 0 Å². The smallest absolute Gasteiger partial charge is 0.319 e. The zero-order valence-electron chi connectivity index (χ0n) is 11.6. The monoisotopic (exact) mass is 264 g/mol. The molecule has 0 fully saturated rings. The van der Waals surface area contributed by atoms with Gasteiger partial charge < -0.3 is 9.84 Å². The Morgan fingerprint density at radius 1 is 1.32 bits per heavy atom. The molecular formula is C15H20O4. The standard InChI is InChI=1S/C15H20O4/c1-4-19-14(18)15(12(3)17,10-11(2)16)13-8-6-5-7-9-13/h5-9,12,17H,4,10H2,1-3H3. The fraction of sp³-hybridized carbons (Fsp3) is 0.467. The lowest BCUT2D eigenvalue weighted by Gasteiger charge is -2.33. The molecule has 1 aromatic rings. The van der Waals surface area contributed by atoms with Crippen molar-refractivity contribution in [2.75, 3.05) is 6.61 Å². The molecule has 2 atom stereocenters. The largest absolute Gasteiger partial charge is 0.465 e. The molecule has 0 bridgehead atoms. The van der Waals surface area contributed by atoms with Crippen molar-refractivity contribution in [1.29, 1.82) is 0 Å². The SMILES string of the molecule is CCOC(=O)C(CC(C)=O)(c1ccccc1)C(C)O. The third kappa shape index (κ3) is 3.20. The van der Waals surface area contributed by atoms with E-state index in [1.807, 2.05) is 6.07 Å². The van der Waals surface area contributed by atoms with Gasteiger partial charge in [0.05, 0.1) is 12.7 Å². The van der Waals surface area contributed by atoms with E-state index in [1.54, 1.807) is 31.2 Å². The summed E-state index contributed by atoms with van der Waals surface area (Å²) in [4.78, 5) is 23.8. The molecule has 4 nitrogen and oxygen atoms in total. The summed E-state index contributed by atoms with van der Waals surface area (Å²) in [5.41, 5.74) is -0.734. The Morgan fingerprint density at radius 2 is 1.89 bits per heavy atom. The lowest BCUT2D eigenvalue weighted by Crippen LogP contribution is -2.47. The lowest BCUT2D eigenvalue weighted by molar-refractivity contribution is -0.156. The molecular weight excluding hydrogens is 244 g/mol. The summed E-state index contributed by atoms with van der Waals surface area (Å²) in [5.74, 6) is -0.732. The van der Waals surface area contributed by atoms with Gasteiger partial charge in [-0.1, -0.05) is 30.3 Å². The predicted octanol–water partition coefficient (Wildman–Crippen LogP) is 1.85. The number of ketones is 1. The van der Waals surface area contributed by atoms with E-state index in [0.29, 0.717) is 5.56 Å². The van der Waals surface area contributed by atoms with E-state index in [-0.39, 0.29) is 18.8 Å². The normalized spacial score (nSPS) is 15.4. The van der Waals surface area contributed by atoms with E-state index in [9.17, 15) is 14.7 Å². The number of ether oxygens (including phenoxy) is 1. The molecule has 0 aliphatic rings. The molecule has 1 aromatic carbocycles. The first-order valence-corrected chi connectivity index (χ1v) is 6.35. The van der Waals surface area contributed by atoms with Crippen LogP contribution >= 0.6 is 0 Å². The molecule has 104 valence electrons. The number of benzene rings is 1. The molecule has 0 amide bonds. The number of aliphatic hydroxyl groups excluding tert-OH is 1. The van der Waals surface area contributed by atoms with Gasteiger partial charge in [-0.3, -0.25) is 9.59 Å². The topological polar surface area (TPSA) is 63.6 Å². The van der Waals surface area contributed by atoms with E-state index in [1.165, 1.54) is 13.8 Å². The van der Waals surface area contributed by atoms with Gasteiger partial charge in [0, 0.05) is 6.42 Å². The molecule has 1 N–H and O–H groups in total. The third-order valence-electron chi connectivity index (χ3n) is 3.17. The summed E-state index contributed by atoms with van der Waals surface area (Å²) >= 11 is 0. The van der Waals surface area contributed by atoms with Crippen molar-refractivity contribution < 1.29 is 19.4 Å². The van der Waals surface area contributed by atoms with Gasteiger partial charge in [-0.2, -0.15) is 0 Å². The maximum Gasteiger partial charge on any atom is 0.319 e. The van der Waals surface area contributed by atoms with Crippen molar-refractivity contribution in [3.05, 3.63) is 35.9 Å². The Bertz CT molecular complexity index is 439. The minimum Gasteiger partial charge on any atom is -0.465 e. The second-order valence-corrected chi connectivity index (χ2v) is 4.61. The highest BCUT2D eigenvalue weighted by Crippen LogP contribution is 2.34. The van der Waals surface area contributed by atoms with Crippen molar-refractivity contribution in [1.82, 2.24) is 0 Å². The summed E-state index contributed by atoms with van der Waals surface area (Å²) in [6.45, 7) is 4.81. The summed E-state index contributed by atoms with van der Waals surface area (Å²) in [7, 11) is 0. The maximum absolute atomic E-state index is 12.3. The number of aliphatic hydroxyl groups is 1. The van der Waals surface area contributed by atoms with Crippen molar-refractivity contribution in [2.45, 2.75) is 38.7 Å². The zero-order chi connectivity index (χ0) is 14.5. The number of hydrogen-bond donors (Lipinski definition) is 1. The van der Waals surface area contributed by atoms with E-state index in [4.69, 9.17) is 4.74 Å². The first-order chi connectivity index (χ1) is 8.95. The first-order valence-electron chi connectivity index (χ1n) is 6.35. The lowest BCUT2D eigenvalue weighted by atomic mass is 9.72. The van der Waals surface area contributed by atoms with Gasteiger partial charge in [-0.15, -0.1) is 0 Å². The molecule has 1 rings (SSSR count). The molecule has 0 aliphatic heterocycles. The highest BCUT2D eigenvalue weighted by Gasteiger charge is 2.47. The Labute approximate surface area is 113 Å². The van der Waals surface area contributed by atoms with Crippen molar-refractivity contribution in [3.8, 4) is 0 Å². The molecule has 19 heavy (non-hydrogen) atoms. The zero-order valence-corrected chi connectivity index (χ0v) is 11.6. The van der Waals surface area contributed by atoms with Crippen LogP contribution in [0.3, 0.4) is 0 Å². The van der Waals surface area contributed by atoms with Crippen molar-refractivity contribution in [2.24, 2.45) is 0 Å². The molecule has 0 aromatic heterocycles. The quantitative estimate of drug-likeness (QED) is 0.796. The van der Waals surface area contributed by atoms with Crippen LogP contribution in [0, 0.1) is 0 Å². The highest BCUT2D eigenvalue weighted by atomic mass is 16.5. The Morgan fingerprint density at radius 3 is 2.32 bits per heavy atom. The molecule has 0 saturated carbocycles. The third-order valence-corrected chi connectivity index (χ3v) is 3.17. The summed E-state index contributed by atoms with van der Waals surface area (Å²) in [6.07, 6.45) is -1.09. The van der Waals surface area contributed by atoms with E-state index < -0.39 is 17.5 Å². The second-order valence-electron chi connectivity index (χ2n) is 4.61. The van der Waals surface area contributed by atoms with Gasteiger partial charge in [-0.05, 0) is 26.3 Å². The van der Waals surface area contributed by atoms with E-state index in [0.717, 1.165) is 0 Å². The Kier molecular flexibility index (Phi) is 5.24. The molecule has 0 spiro atoms. The van der Waals surface area contributed by atoms with Crippen LogP contribution in [0.15, 0.2) is 30.3 Å². The summed E-state index contributed by atoms with van der Waals surface area (Å²) in [6, 6.07) is 8.81. The fourth-order valence-corrected chi connectivity index (χ4v) is 2.24. The average molecular weight is 264 g/mol. The van der Waals surface area contributed by atoms with Crippen LogP contribution in [0.25, 0.3) is 0 Å². The van der Waals surface area contributed by atoms with Gasteiger partial charge in [0.2, 0.25) is 0 Å². The van der Waals surface area contributed by atoms with Gasteiger partial charge >= 0.3 is 5.97 Å². The number of esters is 1. The maximum atomic E-state index is 12.3. The molecule has 0 saturated heterocycles. The van der Waals surface area contributed by atoms with Crippen molar-refractivity contribution in [3.63, 3.8) is 0 Å². The summed E-state index contributed by atoms with van der Waals surface area (Å²) < 4.78 is 5.07. The number of carbonyl (C=O) groups excluding carboxylic acids is 2. The Balaban J connectivity index is 3.35. The van der Waals surface area contributed by atoms with Crippen LogP contribution < -0.4 is 0 Å². The fourth-order valence-electron chi connectivity index (χ4n) is 2.24. The minimum absolute atomic E-state index is 0.0759. The predicted molar refractivity (Wildman–Crippen MR) is 71.7 cm³/mol. The first kappa shape index (κ1) is 15.4. The molecule has 0 heterocycles. The minimum atomic E-state index is -1.33. The van der Waals surface area contributed by atoms with Crippen LogP contribution in [0.2, 0.25) is 0 Å². The summed E-state index contributed by atoms with van der Waals surface area (Å²) in [5, 5.41) is 10.1. The average Bonchev–Trinajstić information content (AvgIpc) is 2.36. The van der Waals surface area contributed by atoms with E-state index in [2.05, 4.69) is 0 Å². The van der Waals surface area contributed by atoms with Crippen molar-refractivity contribution >= 4 is 11.8 Å². The van der Waals surface area contributed by atoms with Crippen LogP contribution in [-0.4, -0.2) is 29.6 Å². The number of Topliss-reactive ketones (excluding diaryl/α,β-unsaturated/α-hetero) is 1.